The zero-order chi connectivity index (χ0) is 18.6. The number of fused-ring (bicyclic) bond motifs is 1. The molecule has 27 heavy (non-hydrogen) atoms. The van der Waals surface area contributed by atoms with Gasteiger partial charge in [-0.1, -0.05) is 48.5 Å². The third-order valence-corrected chi connectivity index (χ3v) is 5.50. The van der Waals surface area contributed by atoms with Crippen LogP contribution in [0, 0.1) is 0 Å². The molecule has 0 bridgehead atoms. The molecule has 0 saturated heterocycles. The summed E-state index contributed by atoms with van der Waals surface area (Å²) in [6, 6.07) is 18.6. The standard InChI is InChI=1S/C21H21N5S/c1-23-11-14-6-2-4-8-17(14)16-10-19(27-13-16)20(22)25-21-18-9-5-3-7-15(18)12-24-26-21/h2-10,12-13,20,23H,11,22H2,1H3,(H,25,26)/t20-/m0/s1. The molecule has 4 N–H and O–H groups in total. The molecule has 4 aromatic rings. The Morgan fingerprint density at radius 3 is 2.81 bits per heavy atom. The largest absolute Gasteiger partial charge is 0.348 e. The first-order chi connectivity index (χ1) is 13.3. The van der Waals surface area contributed by atoms with Crippen LogP contribution in [0.4, 0.5) is 5.82 Å². The Balaban J connectivity index is 1.60. The highest BCUT2D eigenvalue weighted by Gasteiger charge is 2.14. The molecule has 0 amide bonds. The topological polar surface area (TPSA) is 75.9 Å². The molecule has 0 aliphatic rings. The van der Waals surface area contributed by atoms with Crippen LogP contribution in [0.25, 0.3) is 21.9 Å². The first-order valence-electron chi connectivity index (χ1n) is 8.80. The SMILES string of the molecule is CNCc1ccccc1-c1csc([C@@H](N)Nc2nncc3ccccc23)c1. The van der Waals surface area contributed by atoms with Gasteiger partial charge in [0.1, 0.15) is 6.17 Å². The zero-order valence-electron chi connectivity index (χ0n) is 15.0. The first-order valence-corrected chi connectivity index (χ1v) is 9.68. The number of hydrogen-bond acceptors (Lipinski definition) is 6. The third kappa shape index (κ3) is 3.68. The van der Waals surface area contributed by atoms with E-state index in [0.29, 0.717) is 5.82 Å². The lowest BCUT2D eigenvalue weighted by molar-refractivity contribution is 0.819. The van der Waals surface area contributed by atoms with Gasteiger partial charge in [-0.05, 0) is 35.2 Å². The van der Waals surface area contributed by atoms with Gasteiger partial charge in [-0.2, -0.15) is 5.10 Å². The summed E-state index contributed by atoms with van der Waals surface area (Å²) >= 11 is 1.65. The second kappa shape index (κ2) is 7.84. The van der Waals surface area contributed by atoms with Gasteiger partial charge in [-0.3, -0.25) is 0 Å². The summed E-state index contributed by atoms with van der Waals surface area (Å²) in [6.45, 7) is 0.831. The lowest BCUT2D eigenvalue weighted by Crippen LogP contribution is -2.19. The van der Waals surface area contributed by atoms with Crippen molar-refractivity contribution in [3.05, 3.63) is 76.6 Å². The highest BCUT2D eigenvalue weighted by molar-refractivity contribution is 7.10. The Bertz CT molecular complexity index is 1050. The van der Waals surface area contributed by atoms with Crippen molar-refractivity contribution >= 4 is 27.9 Å². The third-order valence-electron chi connectivity index (χ3n) is 4.48. The molecule has 0 saturated carbocycles. The van der Waals surface area contributed by atoms with Gasteiger partial charge in [0.15, 0.2) is 5.82 Å². The summed E-state index contributed by atoms with van der Waals surface area (Å²) < 4.78 is 0. The van der Waals surface area contributed by atoms with Gasteiger partial charge in [-0.15, -0.1) is 16.4 Å². The minimum atomic E-state index is -0.347. The maximum absolute atomic E-state index is 6.43. The van der Waals surface area contributed by atoms with Crippen molar-refractivity contribution in [3.8, 4) is 11.1 Å². The van der Waals surface area contributed by atoms with E-state index in [1.807, 2.05) is 31.3 Å². The van der Waals surface area contributed by atoms with E-state index < -0.39 is 0 Å². The van der Waals surface area contributed by atoms with Gasteiger partial charge >= 0.3 is 0 Å². The number of rotatable bonds is 6. The van der Waals surface area contributed by atoms with Crippen molar-refractivity contribution in [1.29, 1.82) is 0 Å². The minimum Gasteiger partial charge on any atom is -0.348 e. The van der Waals surface area contributed by atoms with Crippen molar-refractivity contribution in [3.63, 3.8) is 0 Å². The quantitative estimate of drug-likeness (QED) is 0.442. The molecule has 2 aromatic carbocycles. The molecule has 5 nitrogen and oxygen atoms in total. The number of aromatic nitrogens is 2. The number of nitrogens with two attached hydrogens (primary N) is 1. The molecule has 0 spiro atoms. The van der Waals surface area contributed by atoms with Crippen LogP contribution >= 0.6 is 11.3 Å². The smallest absolute Gasteiger partial charge is 0.158 e. The van der Waals surface area contributed by atoms with Gasteiger partial charge in [-0.25, -0.2) is 0 Å². The van der Waals surface area contributed by atoms with Crippen molar-refractivity contribution in [2.75, 3.05) is 12.4 Å². The Morgan fingerprint density at radius 1 is 1.11 bits per heavy atom. The number of thiophene rings is 1. The average molecular weight is 376 g/mol. The van der Waals surface area contributed by atoms with E-state index in [1.165, 1.54) is 16.7 Å². The fourth-order valence-electron chi connectivity index (χ4n) is 3.16. The lowest BCUT2D eigenvalue weighted by atomic mass is 10.0. The maximum atomic E-state index is 6.43. The van der Waals surface area contributed by atoms with Crippen LogP contribution in [0.2, 0.25) is 0 Å². The van der Waals surface area contributed by atoms with Crippen LogP contribution in [0.1, 0.15) is 16.6 Å². The number of nitrogens with zero attached hydrogens (tertiary/aromatic N) is 2. The van der Waals surface area contributed by atoms with Gasteiger partial charge in [0.25, 0.3) is 0 Å². The molecule has 2 heterocycles. The Morgan fingerprint density at radius 2 is 1.93 bits per heavy atom. The van der Waals surface area contributed by atoms with Crippen molar-refractivity contribution < 1.29 is 0 Å². The normalized spacial score (nSPS) is 12.2. The van der Waals surface area contributed by atoms with Crippen molar-refractivity contribution in [2.24, 2.45) is 5.73 Å². The van der Waals surface area contributed by atoms with E-state index in [4.69, 9.17) is 5.73 Å². The average Bonchev–Trinajstić information content (AvgIpc) is 3.19. The molecule has 0 aliphatic carbocycles. The van der Waals surface area contributed by atoms with Crippen LogP contribution in [0.5, 0.6) is 0 Å². The van der Waals surface area contributed by atoms with E-state index in [2.05, 4.69) is 56.5 Å². The van der Waals surface area contributed by atoms with Crippen LogP contribution in [0.3, 0.4) is 0 Å². The summed E-state index contributed by atoms with van der Waals surface area (Å²) in [6.07, 6.45) is 1.41. The molecular weight excluding hydrogens is 354 g/mol. The highest BCUT2D eigenvalue weighted by Crippen LogP contribution is 2.32. The number of anilines is 1. The molecule has 4 rings (SSSR count). The molecular formula is C21H21N5S. The molecule has 0 radical (unpaired) electrons. The monoisotopic (exact) mass is 375 g/mol. The fourth-order valence-corrected chi connectivity index (χ4v) is 4.02. The molecule has 136 valence electrons. The van der Waals surface area contributed by atoms with Crippen molar-refractivity contribution in [1.82, 2.24) is 15.5 Å². The summed E-state index contributed by atoms with van der Waals surface area (Å²) in [5.41, 5.74) is 10.1. The maximum Gasteiger partial charge on any atom is 0.158 e. The van der Waals surface area contributed by atoms with Crippen LogP contribution in [-0.4, -0.2) is 17.2 Å². The van der Waals surface area contributed by atoms with E-state index in [-0.39, 0.29) is 6.17 Å². The van der Waals surface area contributed by atoms with E-state index >= 15 is 0 Å². The second-order valence-electron chi connectivity index (χ2n) is 6.33. The lowest BCUT2D eigenvalue weighted by Gasteiger charge is -2.14. The Kier molecular flexibility index (Phi) is 5.11. The van der Waals surface area contributed by atoms with Crippen molar-refractivity contribution in [2.45, 2.75) is 12.7 Å². The summed E-state index contributed by atoms with van der Waals surface area (Å²) in [5, 5.41) is 19.0. The Labute approximate surface area is 162 Å². The highest BCUT2D eigenvalue weighted by atomic mass is 32.1. The molecule has 0 fully saturated rings. The predicted molar refractivity (Wildman–Crippen MR) is 113 cm³/mol. The van der Waals surface area contributed by atoms with Crippen LogP contribution < -0.4 is 16.4 Å². The van der Waals surface area contributed by atoms with Gasteiger partial charge in [0.05, 0.1) is 6.20 Å². The number of hydrogen-bond donors (Lipinski definition) is 3. The summed E-state index contributed by atoms with van der Waals surface area (Å²) in [4.78, 5) is 1.05. The molecule has 0 unspecified atom stereocenters. The van der Waals surface area contributed by atoms with E-state index in [0.717, 1.165) is 22.2 Å². The molecule has 6 heteroatoms. The second-order valence-corrected chi connectivity index (χ2v) is 7.27. The zero-order valence-corrected chi connectivity index (χ0v) is 15.8. The van der Waals surface area contributed by atoms with Gasteiger partial charge in [0, 0.05) is 22.2 Å². The van der Waals surface area contributed by atoms with Gasteiger partial charge in [0.2, 0.25) is 0 Å². The summed E-state index contributed by atoms with van der Waals surface area (Å²) in [5.74, 6) is 0.700. The summed E-state index contributed by atoms with van der Waals surface area (Å²) in [7, 11) is 1.96. The van der Waals surface area contributed by atoms with Gasteiger partial charge < -0.3 is 16.4 Å². The van der Waals surface area contributed by atoms with E-state index in [9.17, 15) is 0 Å². The Hall–Kier alpha value is -2.80. The fraction of sp³-hybridized carbons (Fsp3) is 0.143. The predicted octanol–water partition coefficient (Wildman–Crippen LogP) is 4.15. The number of nitrogens with one attached hydrogen (secondary N) is 2. The minimum absolute atomic E-state index is 0.347. The molecule has 1 atom stereocenters. The van der Waals surface area contributed by atoms with Crippen LogP contribution in [-0.2, 0) is 6.54 Å². The van der Waals surface area contributed by atoms with Crippen LogP contribution in [0.15, 0.2) is 66.2 Å². The molecule has 2 aromatic heterocycles. The first kappa shape index (κ1) is 17.6. The molecule has 0 aliphatic heterocycles. The number of benzene rings is 2. The van der Waals surface area contributed by atoms with E-state index in [1.54, 1.807) is 17.5 Å².